The lowest BCUT2D eigenvalue weighted by Gasteiger charge is -2.36. The van der Waals surface area contributed by atoms with Crippen molar-refractivity contribution in [2.24, 2.45) is 0 Å². The second kappa shape index (κ2) is 6.27. The third-order valence-electron chi connectivity index (χ3n) is 4.19. The fourth-order valence-electron chi connectivity index (χ4n) is 3.06. The summed E-state index contributed by atoms with van der Waals surface area (Å²) in [4.78, 5) is 9.21. The third-order valence-corrected chi connectivity index (χ3v) is 4.19. The second-order valence-electron chi connectivity index (χ2n) is 5.91. The van der Waals surface area contributed by atoms with Crippen molar-refractivity contribution in [1.82, 2.24) is 9.88 Å². The van der Waals surface area contributed by atoms with Crippen LogP contribution < -0.4 is 4.90 Å². The summed E-state index contributed by atoms with van der Waals surface area (Å²) in [5.74, 6) is 0. The highest BCUT2D eigenvalue weighted by atomic mass is 15.3. The molecule has 1 aromatic heterocycles. The van der Waals surface area contributed by atoms with Crippen molar-refractivity contribution in [1.29, 1.82) is 0 Å². The van der Waals surface area contributed by atoms with Crippen LogP contribution in [0.1, 0.15) is 16.7 Å². The molecule has 0 atom stereocenters. The predicted molar refractivity (Wildman–Crippen MR) is 87.6 cm³/mol. The minimum atomic E-state index is 1.01. The standard InChI is InChI=1S/C18H23N3/c1-15-5-6-18(16(2)12-15)21-10-8-20(9-11-21)14-17-4-3-7-19-13-17/h3-7,12-13H,8-11,14H2,1-2H3. The molecule has 1 aromatic carbocycles. The lowest BCUT2D eigenvalue weighted by molar-refractivity contribution is 0.249. The van der Waals surface area contributed by atoms with E-state index in [1.165, 1.54) is 22.4 Å². The van der Waals surface area contributed by atoms with E-state index in [9.17, 15) is 0 Å². The van der Waals surface area contributed by atoms with Gasteiger partial charge in [0.05, 0.1) is 0 Å². The fourth-order valence-corrected chi connectivity index (χ4v) is 3.06. The van der Waals surface area contributed by atoms with E-state index < -0.39 is 0 Å². The Kier molecular flexibility index (Phi) is 4.20. The zero-order valence-electron chi connectivity index (χ0n) is 12.9. The van der Waals surface area contributed by atoms with Crippen LogP contribution in [-0.2, 0) is 6.54 Å². The third kappa shape index (κ3) is 3.42. The van der Waals surface area contributed by atoms with E-state index in [0.29, 0.717) is 0 Å². The number of hydrogen-bond acceptors (Lipinski definition) is 3. The van der Waals surface area contributed by atoms with Gasteiger partial charge in [-0.15, -0.1) is 0 Å². The Labute approximate surface area is 127 Å². The molecule has 1 aliphatic rings. The van der Waals surface area contributed by atoms with Crippen molar-refractivity contribution in [3.05, 3.63) is 59.4 Å². The molecule has 0 unspecified atom stereocenters. The van der Waals surface area contributed by atoms with Crippen LogP contribution in [0.5, 0.6) is 0 Å². The molecule has 2 aromatic rings. The number of benzene rings is 1. The summed E-state index contributed by atoms with van der Waals surface area (Å²) in [7, 11) is 0. The van der Waals surface area contributed by atoms with E-state index in [-0.39, 0.29) is 0 Å². The van der Waals surface area contributed by atoms with Gasteiger partial charge in [0.15, 0.2) is 0 Å². The number of aryl methyl sites for hydroxylation is 2. The van der Waals surface area contributed by atoms with Crippen LogP contribution in [0.25, 0.3) is 0 Å². The first-order valence-electron chi connectivity index (χ1n) is 7.66. The smallest absolute Gasteiger partial charge is 0.0396 e. The number of aromatic nitrogens is 1. The van der Waals surface area contributed by atoms with Gasteiger partial charge in [-0.05, 0) is 37.1 Å². The van der Waals surface area contributed by atoms with E-state index in [2.05, 4.69) is 52.9 Å². The molecule has 1 fully saturated rings. The summed E-state index contributed by atoms with van der Waals surface area (Å²) >= 11 is 0. The molecule has 3 nitrogen and oxygen atoms in total. The van der Waals surface area contributed by atoms with Gasteiger partial charge in [-0.25, -0.2) is 0 Å². The van der Waals surface area contributed by atoms with Gasteiger partial charge < -0.3 is 4.90 Å². The van der Waals surface area contributed by atoms with Crippen LogP contribution >= 0.6 is 0 Å². The lowest BCUT2D eigenvalue weighted by atomic mass is 10.1. The Hall–Kier alpha value is -1.87. The van der Waals surface area contributed by atoms with Crippen molar-refractivity contribution in [3.8, 4) is 0 Å². The number of pyridine rings is 1. The molecule has 0 bridgehead atoms. The molecule has 0 aliphatic carbocycles. The van der Waals surface area contributed by atoms with Gasteiger partial charge >= 0.3 is 0 Å². The number of piperazine rings is 1. The summed E-state index contributed by atoms with van der Waals surface area (Å²) in [6, 6.07) is 10.9. The largest absolute Gasteiger partial charge is 0.369 e. The average molecular weight is 281 g/mol. The van der Waals surface area contributed by atoms with Crippen molar-refractivity contribution in [2.75, 3.05) is 31.1 Å². The Morgan fingerprint density at radius 2 is 1.86 bits per heavy atom. The van der Waals surface area contributed by atoms with Crippen molar-refractivity contribution >= 4 is 5.69 Å². The number of nitrogens with zero attached hydrogens (tertiary/aromatic N) is 3. The Morgan fingerprint density at radius 3 is 2.52 bits per heavy atom. The normalized spacial score (nSPS) is 16.2. The maximum absolute atomic E-state index is 4.20. The molecule has 3 heteroatoms. The van der Waals surface area contributed by atoms with Crippen LogP contribution in [0, 0.1) is 13.8 Å². The fraction of sp³-hybridized carbons (Fsp3) is 0.389. The molecular weight excluding hydrogens is 258 g/mol. The molecule has 0 radical (unpaired) electrons. The molecule has 0 spiro atoms. The Bertz CT molecular complexity index is 587. The van der Waals surface area contributed by atoms with Gasteiger partial charge in [0.25, 0.3) is 0 Å². The molecule has 0 saturated carbocycles. The zero-order chi connectivity index (χ0) is 14.7. The highest BCUT2D eigenvalue weighted by molar-refractivity contribution is 5.54. The molecular formula is C18H23N3. The van der Waals surface area contributed by atoms with Crippen LogP contribution in [0.2, 0.25) is 0 Å². The topological polar surface area (TPSA) is 19.4 Å². The van der Waals surface area contributed by atoms with Gasteiger partial charge in [0.2, 0.25) is 0 Å². The second-order valence-corrected chi connectivity index (χ2v) is 5.91. The minimum Gasteiger partial charge on any atom is -0.369 e. The molecule has 0 N–H and O–H groups in total. The van der Waals surface area contributed by atoms with Crippen molar-refractivity contribution in [2.45, 2.75) is 20.4 Å². The van der Waals surface area contributed by atoms with Gasteiger partial charge in [-0.2, -0.15) is 0 Å². The quantitative estimate of drug-likeness (QED) is 0.862. The molecule has 1 aliphatic heterocycles. The number of hydrogen-bond donors (Lipinski definition) is 0. The molecule has 1 saturated heterocycles. The molecule has 21 heavy (non-hydrogen) atoms. The summed E-state index contributed by atoms with van der Waals surface area (Å²) in [5.41, 5.74) is 5.42. The van der Waals surface area contributed by atoms with E-state index in [0.717, 1.165) is 32.7 Å². The van der Waals surface area contributed by atoms with Crippen LogP contribution in [-0.4, -0.2) is 36.1 Å². The first-order chi connectivity index (χ1) is 10.2. The van der Waals surface area contributed by atoms with Gasteiger partial charge in [0, 0.05) is 50.8 Å². The van der Waals surface area contributed by atoms with Crippen molar-refractivity contribution in [3.63, 3.8) is 0 Å². The highest BCUT2D eigenvalue weighted by Gasteiger charge is 2.18. The number of anilines is 1. The average Bonchev–Trinajstić information content (AvgIpc) is 2.49. The van der Waals surface area contributed by atoms with Gasteiger partial charge in [0.1, 0.15) is 0 Å². The van der Waals surface area contributed by atoms with E-state index >= 15 is 0 Å². The van der Waals surface area contributed by atoms with Crippen LogP contribution in [0.3, 0.4) is 0 Å². The Morgan fingerprint density at radius 1 is 1.05 bits per heavy atom. The molecule has 3 rings (SSSR count). The lowest BCUT2D eigenvalue weighted by Crippen LogP contribution is -2.46. The SMILES string of the molecule is Cc1ccc(N2CCN(Cc3cccnc3)CC2)c(C)c1. The Balaban J connectivity index is 1.60. The number of rotatable bonds is 3. The maximum Gasteiger partial charge on any atom is 0.0396 e. The summed E-state index contributed by atoms with van der Waals surface area (Å²) in [6.45, 7) is 9.81. The first kappa shape index (κ1) is 14.1. The predicted octanol–water partition coefficient (Wildman–Crippen LogP) is 3.02. The van der Waals surface area contributed by atoms with Crippen molar-refractivity contribution < 1.29 is 0 Å². The van der Waals surface area contributed by atoms with Gasteiger partial charge in [-0.3, -0.25) is 9.88 Å². The van der Waals surface area contributed by atoms with Gasteiger partial charge in [-0.1, -0.05) is 23.8 Å². The van der Waals surface area contributed by atoms with E-state index in [4.69, 9.17) is 0 Å². The monoisotopic (exact) mass is 281 g/mol. The van der Waals surface area contributed by atoms with Crippen LogP contribution in [0.15, 0.2) is 42.7 Å². The maximum atomic E-state index is 4.20. The van der Waals surface area contributed by atoms with E-state index in [1.54, 1.807) is 0 Å². The molecule has 0 amide bonds. The van der Waals surface area contributed by atoms with E-state index in [1.807, 2.05) is 18.5 Å². The highest BCUT2D eigenvalue weighted by Crippen LogP contribution is 2.22. The molecule has 110 valence electrons. The zero-order valence-corrected chi connectivity index (χ0v) is 12.9. The minimum absolute atomic E-state index is 1.01. The van der Waals surface area contributed by atoms with Crippen LogP contribution in [0.4, 0.5) is 5.69 Å². The summed E-state index contributed by atoms with van der Waals surface area (Å²) in [6.07, 6.45) is 3.80. The summed E-state index contributed by atoms with van der Waals surface area (Å²) in [5, 5.41) is 0. The first-order valence-corrected chi connectivity index (χ1v) is 7.66. The molecule has 2 heterocycles. The summed E-state index contributed by atoms with van der Waals surface area (Å²) < 4.78 is 0.